The van der Waals surface area contributed by atoms with Crippen LogP contribution in [0.3, 0.4) is 0 Å². The molecule has 7 aromatic carbocycles. The second kappa shape index (κ2) is 11.5. The fourth-order valence-electron chi connectivity index (χ4n) is 8.04. The van der Waals surface area contributed by atoms with Crippen LogP contribution in [0.25, 0.3) is 44.2 Å². The lowest BCUT2D eigenvalue weighted by atomic mass is 9.76. The zero-order chi connectivity index (χ0) is 33.0. The molecule has 0 N–H and O–H groups in total. The van der Waals surface area contributed by atoms with Gasteiger partial charge in [-0.3, -0.25) is 0 Å². The molecule has 0 saturated carbocycles. The largest absolute Gasteiger partial charge is 0.0622 e. The first kappa shape index (κ1) is 30.2. The number of hydrogen-bond acceptors (Lipinski definition) is 0. The van der Waals surface area contributed by atoms with E-state index in [0.717, 1.165) is 0 Å². The topological polar surface area (TPSA) is 0 Å². The van der Waals surface area contributed by atoms with Crippen LogP contribution in [0.5, 0.6) is 0 Å². The first-order valence-corrected chi connectivity index (χ1v) is 17.2. The van der Waals surface area contributed by atoms with E-state index in [2.05, 4.69) is 192 Å². The summed E-state index contributed by atoms with van der Waals surface area (Å²) in [5, 5.41) is 2.54. The van der Waals surface area contributed by atoms with Crippen molar-refractivity contribution in [1.29, 1.82) is 0 Å². The maximum atomic E-state index is 2.49. The minimum absolute atomic E-state index is 0.0307. The maximum absolute atomic E-state index is 2.49. The zero-order valence-electron chi connectivity index (χ0n) is 28.6. The van der Waals surface area contributed by atoms with Crippen LogP contribution in [0, 0.1) is 0 Å². The van der Waals surface area contributed by atoms with Gasteiger partial charge >= 0.3 is 0 Å². The lowest BCUT2D eigenvalue weighted by Gasteiger charge is -2.27. The summed E-state index contributed by atoms with van der Waals surface area (Å²) in [4.78, 5) is 0. The summed E-state index contributed by atoms with van der Waals surface area (Å²) in [7, 11) is 0. The van der Waals surface area contributed by atoms with Crippen molar-refractivity contribution in [3.05, 3.63) is 191 Å². The van der Waals surface area contributed by atoms with Gasteiger partial charge in [0.2, 0.25) is 0 Å². The van der Waals surface area contributed by atoms with E-state index in [0.29, 0.717) is 0 Å². The van der Waals surface area contributed by atoms with Gasteiger partial charge in [0.25, 0.3) is 0 Å². The van der Waals surface area contributed by atoms with Crippen LogP contribution in [-0.4, -0.2) is 0 Å². The fourth-order valence-corrected chi connectivity index (χ4v) is 8.04. The van der Waals surface area contributed by atoms with Crippen molar-refractivity contribution in [2.75, 3.05) is 0 Å². The van der Waals surface area contributed by atoms with E-state index >= 15 is 0 Å². The fraction of sp³-hybridized carbons (Fsp3) is 0.167. The predicted octanol–water partition coefficient (Wildman–Crippen LogP) is 13.0. The summed E-state index contributed by atoms with van der Waals surface area (Å²) in [6.07, 6.45) is 0. The quantitative estimate of drug-likeness (QED) is 0.168. The third-order valence-corrected chi connectivity index (χ3v) is 10.6. The molecule has 7 aromatic rings. The van der Waals surface area contributed by atoms with Crippen molar-refractivity contribution >= 4 is 10.8 Å². The van der Waals surface area contributed by atoms with Crippen molar-refractivity contribution in [2.24, 2.45) is 0 Å². The molecule has 8 rings (SSSR count). The summed E-state index contributed by atoms with van der Waals surface area (Å²) in [5.74, 6) is 0.0311. The van der Waals surface area contributed by atoms with Gasteiger partial charge in [-0.15, -0.1) is 0 Å². The minimum Gasteiger partial charge on any atom is -0.0622 e. The molecule has 234 valence electrons. The molecule has 0 nitrogen and oxygen atoms in total. The second-order valence-corrected chi connectivity index (χ2v) is 14.9. The molecule has 0 heteroatoms. The van der Waals surface area contributed by atoms with Gasteiger partial charge in [0.05, 0.1) is 0 Å². The van der Waals surface area contributed by atoms with Gasteiger partial charge in [-0.25, -0.2) is 0 Å². The lowest BCUT2D eigenvalue weighted by Crippen LogP contribution is -2.15. The van der Waals surface area contributed by atoms with Crippen LogP contribution in [0.15, 0.2) is 158 Å². The van der Waals surface area contributed by atoms with E-state index in [4.69, 9.17) is 0 Å². The highest BCUT2D eigenvalue weighted by Crippen LogP contribution is 2.51. The Morgan fingerprint density at radius 1 is 0.479 bits per heavy atom. The standard InChI is InChI=1S/C48H42/c1-47(2,3)36-27-23-34(24-28-36)45(35-26-30-44-42(31-35)39-20-13-14-22-43(39)48(44,4)5)41-29-25-33-17-9-10-19-38(33)46(41)40-21-12-11-18-37(40)32-15-7-6-8-16-32/h6-31,45H,1-5H3. The molecular weight excluding hydrogens is 577 g/mol. The molecule has 1 atom stereocenters. The molecular formula is C48H42. The summed E-state index contributed by atoms with van der Waals surface area (Å²) < 4.78 is 0. The third kappa shape index (κ3) is 4.99. The van der Waals surface area contributed by atoms with Crippen molar-refractivity contribution in [2.45, 2.75) is 51.4 Å². The zero-order valence-corrected chi connectivity index (χ0v) is 28.6. The van der Waals surface area contributed by atoms with Crippen molar-refractivity contribution in [1.82, 2.24) is 0 Å². The van der Waals surface area contributed by atoms with Crippen molar-refractivity contribution < 1.29 is 0 Å². The van der Waals surface area contributed by atoms with Gasteiger partial charge in [0, 0.05) is 11.3 Å². The Morgan fingerprint density at radius 3 is 1.83 bits per heavy atom. The Kier molecular flexibility index (Phi) is 7.22. The molecule has 1 aliphatic rings. The van der Waals surface area contributed by atoms with Gasteiger partial charge in [0.15, 0.2) is 0 Å². The summed E-state index contributed by atoms with van der Waals surface area (Å²) in [6.45, 7) is 11.6. The van der Waals surface area contributed by atoms with Crippen LogP contribution in [-0.2, 0) is 10.8 Å². The summed E-state index contributed by atoms with van der Waals surface area (Å²) in [6, 6.07) is 59.1. The molecule has 0 heterocycles. The van der Waals surface area contributed by atoms with E-state index in [-0.39, 0.29) is 16.7 Å². The Labute approximate surface area is 285 Å². The normalized spacial score (nSPS) is 14.0. The molecule has 0 aliphatic heterocycles. The van der Waals surface area contributed by atoms with Crippen LogP contribution in [0.2, 0.25) is 0 Å². The molecule has 1 unspecified atom stereocenters. The van der Waals surface area contributed by atoms with Crippen LogP contribution in [0.4, 0.5) is 0 Å². The smallest absolute Gasteiger partial charge is 0.0346 e. The van der Waals surface area contributed by atoms with E-state index in [1.165, 1.54) is 77.5 Å². The first-order valence-electron chi connectivity index (χ1n) is 17.2. The molecule has 1 aliphatic carbocycles. The van der Waals surface area contributed by atoms with Crippen LogP contribution in [0.1, 0.15) is 73.9 Å². The van der Waals surface area contributed by atoms with Crippen molar-refractivity contribution in [3.63, 3.8) is 0 Å². The Balaban J connectivity index is 1.43. The molecule has 0 aromatic heterocycles. The average molecular weight is 619 g/mol. The van der Waals surface area contributed by atoms with E-state index in [1.807, 2.05) is 0 Å². The molecule has 0 fully saturated rings. The van der Waals surface area contributed by atoms with E-state index in [1.54, 1.807) is 0 Å². The molecule has 0 saturated heterocycles. The third-order valence-electron chi connectivity index (χ3n) is 10.6. The van der Waals surface area contributed by atoms with E-state index < -0.39 is 0 Å². The summed E-state index contributed by atoms with van der Waals surface area (Å²) in [5.41, 5.74) is 15.9. The highest BCUT2D eigenvalue weighted by atomic mass is 14.4. The average Bonchev–Trinajstić information content (AvgIpc) is 3.34. The first-order chi connectivity index (χ1) is 23.2. The SMILES string of the molecule is CC(C)(C)c1ccc(C(c2ccc3c(c2)-c2ccccc2C3(C)C)c2ccc3ccccc3c2-c2ccccc2-c2ccccc2)cc1. The minimum atomic E-state index is -0.0307. The Morgan fingerprint density at radius 2 is 1.08 bits per heavy atom. The molecule has 0 amide bonds. The van der Waals surface area contributed by atoms with Gasteiger partial charge in [0.1, 0.15) is 0 Å². The van der Waals surface area contributed by atoms with Gasteiger partial charge < -0.3 is 0 Å². The van der Waals surface area contributed by atoms with Crippen LogP contribution >= 0.6 is 0 Å². The van der Waals surface area contributed by atoms with Gasteiger partial charge in [-0.2, -0.15) is 0 Å². The predicted molar refractivity (Wildman–Crippen MR) is 205 cm³/mol. The van der Waals surface area contributed by atoms with Crippen molar-refractivity contribution in [3.8, 4) is 33.4 Å². The molecule has 0 bridgehead atoms. The number of fused-ring (bicyclic) bond motifs is 4. The highest BCUT2D eigenvalue weighted by Gasteiger charge is 2.36. The Hall–Kier alpha value is -5.20. The van der Waals surface area contributed by atoms with Crippen LogP contribution < -0.4 is 0 Å². The summed E-state index contributed by atoms with van der Waals surface area (Å²) >= 11 is 0. The highest BCUT2D eigenvalue weighted by molar-refractivity contribution is 6.02. The number of hydrogen-bond donors (Lipinski definition) is 0. The van der Waals surface area contributed by atoms with Gasteiger partial charge in [-0.05, 0) is 89.0 Å². The number of rotatable bonds is 5. The molecule has 0 spiro atoms. The number of benzene rings is 7. The molecule has 48 heavy (non-hydrogen) atoms. The maximum Gasteiger partial charge on any atom is 0.0346 e. The Bertz CT molecular complexity index is 2280. The monoisotopic (exact) mass is 618 g/mol. The van der Waals surface area contributed by atoms with E-state index in [9.17, 15) is 0 Å². The lowest BCUT2D eigenvalue weighted by molar-refractivity contribution is 0.590. The molecule has 0 radical (unpaired) electrons. The second-order valence-electron chi connectivity index (χ2n) is 14.9. The van der Waals surface area contributed by atoms with Gasteiger partial charge in [-0.1, -0.05) is 186 Å².